The summed E-state index contributed by atoms with van der Waals surface area (Å²) in [6.45, 7) is 1.77. The molecule has 3 aromatic rings. The van der Waals surface area contributed by atoms with Crippen LogP contribution >= 0.6 is 23.2 Å². The van der Waals surface area contributed by atoms with E-state index in [0.29, 0.717) is 53.6 Å². The van der Waals surface area contributed by atoms with E-state index in [1.807, 2.05) is 24.3 Å². The maximum atomic E-state index is 13.6. The number of aliphatic hydroxyl groups excluding tert-OH is 1. The van der Waals surface area contributed by atoms with Crippen molar-refractivity contribution in [2.24, 2.45) is 0 Å². The van der Waals surface area contributed by atoms with Gasteiger partial charge in [0.25, 0.3) is 0 Å². The Morgan fingerprint density at radius 1 is 1.02 bits per heavy atom. The van der Waals surface area contributed by atoms with Gasteiger partial charge in [-0.25, -0.2) is 0 Å². The molecular formula is C31H30Cl2N4O3. The Morgan fingerprint density at radius 2 is 1.77 bits per heavy atom. The largest absolute Gasteiger partial charge is 0.392 e. The van der Waals surface area contributed by atoms with E-state index < -0.39 is 0 Å². The Kier molecular flexibility index (Phi) is 8.72. The number of carbonyl (C=O) groups is 2. The predicted molar refractivity (Wildman–Crippen MR) is 156 cm³/mol. The summed E-state index contributed by atoms with van der Waals surface area (Å²) in [4.78, 5) is 30.4. The summed E-state index contributed by atoms with van der Waals surface area (Å²) in [6.07, 6.45) is 1.90. The fourth-order valence-corrected chi connectivity index (χ4v) is 6.10. The zero-order chi connectivity index (χ0) is 28.2. The molecule has 1 aliphatic heterocycles. The highest BCUT2D eigenvalue weighted by molar-refractivity contribution is 6.35. The molecule has 0 spiro atoms. The van der Waals surface area contributed by atoms with E-state index in [4.69, 9.17) is 23.2 Å². The first-order valence-corrected chi connectivity index (χ1v) is 14.1. The highest BCUT2D eigenvalue weighted by atomic mass is 35.5. The number of nitrogens with one attached hydrogen (secondary N) is 1. The van der Waals surface area contributed by atoms with Crippen molar-refractivity contribution < 1.29 is 14.7 Å². The van der Waals surface area contributed by atoms with Crippen LogP contribution in [0.25, 0.3) is 11.1 Å². The molecule has 9 heteroatoms. The number of nitrogens with zero attached hydrogens (tertiary/aromatic N) is 3. The smallest absolute Gasteiger partial charge is 0.244 e. The summed E-state index contributed by atoms with van der Waals surface area (Å²) in [7, 11) is 0. The van der Waals surface area contributed by atoms with Crippen molar-refractivity contribution in [1.29, 1.82) is 5.26 Å². The van der Waals surface area contributed by atoms with E-state index in [-0.39, 0.29) is 36.9 Å². The first-order chi connectivity index (χ1) is 19.3. The number of fused-ring (bicyclic) bond motifs is 1. The molecule has 0 aromatic heterocycles. The van der Waals surface area contributed by atoms with Crippen LogP contribution in [0.1, 0.15) is 29.5 Å². The molecule has 2 atom stereocenters. The molecule has 7 nitrogen and oxygen atoms in total. The van der Waals surface area contributed by atoms with Crippen molar-refractivity contribution in [2.45, 2.75) is 37.8 Å². The lowest BCUT2D eigenvalue weighted by molar-refractivity contribution is -0.137. The minimum absolute atomic E-state index is 0.0959. The van der Waals surface area contributed by atoms with Crippen molar-refractivity contribution in [1.82, 2.24) is 9.80 Å². The SMILES string of the molecule is N#Cc1cccc(-c2ccc3c(c2)CC(N(CC(=O)Nc2cc(Cl)cc(Cl)c2)C(=O)CCN2CC[C@H](O)C2)C3)c1. The maximum absolute atomic E-state index is 13.6. The fraction of sp³-hybridized carbons (Fsp3) is 0.323. The van der Waals surface area contributed by atoms with Crippen LogP contribution < -0.4 is 5.32 Å². The molecule has 2 amide bonds. The van der Waals surface area contributed by atoms with E-state index >= 15 is 0 Å². The van der Waals surface area contributed by atoms with Crippen molar-refractivity contribution in [3.8, 4) is 17.2 Å². The van der Waals surface area contributed by atoms with Gasteiger partial charge < -0.3 is 20.2 Å². The molecule has 1 saturated heterocycles. The second-order valence-electron chi connectivity index (χ2n) is 10.5. The normalized spacial score (nSPS) is 18.2. The molecule has 2 N–H and O–H groups in total. The van der Waals surface area contributed by atoms with Crippen LogP contribution in [0.4, 0.5) is 5.69 Å². The molecule has 3 aromatic carbocycles. The van der Waals surface area contributed by atoms with E-state index in [0.717, 1.165) is 28.8 Å². The van der Waals surface area contributed by atoms with Gasteiger partial charge in [0.15, 0.2) is 0 Å². The molecule has 1 fully saturated rings. The molecule has 1 aliphatic carbocycles. The number of nitriles is 1. The van der Waals surface area contributed by atoms with Crippen LogP contribution in [-0.4, -0.2) is 65.0 Å². The number of amides is 2. The summed E-state index contributed by atoms with van der Waals surface area (Å²) in [5.41, 5.74) is 5.33. The Hall–Kier alpha value is -3.41. The molecule has 0 radical (unpaired) electrons. The lowest BCUT2D eigenvalue weighted by Gasteiger charge is -2.29. The third-order valence-corrected chi connectivity index (χ3v) is 7.99. The third kappa shape index (κ3) is 6.83. The fourth-order valence-electron chi connectivity index (χ4n) is 5.58. The molecule has 2 aliphatic rings. The number of benzene rings is 3. The maximum Gasteiger partial charge on any atom is 0.244 e. The number of aliphatic hydroxyl groups is 1. The van der Waals surface area contributed by atoms with Gasteiger partial charge in [-0.2, -0.15) is 5.26 Å². The Morgan fingerprint density at radius 3 is 2.50 bits per heavy atom. The average molecular weight is 578 g/mol. The Balaban J connectivity index is 1.33. The number of likely N-dealkylation sites (tertiary alicyclic amines) is 1. The standard InChI is InChI=1S/C31H30Cl2N4O3/c32-25-14-26(33)16-27(15-25)35-30(39)19-37(31(40)7-9-36-8-6-29(38)18-36)28-12-23-5-4-22(11-24(23)13-28)21-3-1-2-20(10-21)17-34/h1-5,10-11,14-16,28-29,38H,6-9,12-13,18-19H2,(H,35,39)/t28?,29-/m0/s1. The average Bonchev–Trinajstić information content (AvgIpc) is 3.55. The number of hydrogen-bond donors (Lipinski definition) is 2. The summed E-state index contributed by atoms with van der Waals surface area (Å²) < 4.78 is 0. The van der Waals surface area contributed by atoms with Crippen LogP contribution in [0.3, 0.4) is 0 Å². The quantitative estimate of drug-likeness (QED) is 0.396. The number of β-amino-alcohol motifs (C(OH)–C–C–N with tert-alkyl or cyclic N) is 1. The van der Waals surface area contributed by atoms with Gasteiger partial charge in [0.2, 0.25) is 11.8 Å². The Bertz CT molecular complexity index is 1450. The molecule has 0 saturated carbocycles. The summed E-state index contributed by atoms with van der Waals surface area (Å²) in [5, 5.41) is 22.8. The highest BCUT2D eigenvalue weighted by Gasteiger charge is 2.32. The van der Waals surface area contributed by atoms with Crippen LogP contribution in [0, 0.1) is 11.3 Å². The molecule has 1 unspecified atom stereocenters. The lowest BCUT2D eigenvalue weighted by atomic mass is 9.99. The molecule has 0 bridgehead atoms. The number of halogens is 2. The minimum Gasteiger partial charge on any atom is -0.392 e. The lowest BCUT2D eigenvalue weighted by Crippen LogP contribution is -2.46. The van der Waals surface area contributed by atoms with Gasteiger partial charge in [-0.1, -0.05) is 53.5 Å². The van der Waals surface area contributed by atoms with E-state index in [9.17, 15) is 20.0 Å². The van der Waals surface area contributed by atoms with Gasteiger partial charge in [0.1, 0.15) is 6.54 Å². The van der Waals surface area contributed by atoms with Gasteiger partial charge in [-0.05, 0) is 71.8 Å². The second-order valence-corrected chi connectivity index (χ2v) is 11.3. The molecule has 5 rings (SSSR count). The first kappa shape index (κ1) is 28.1. The zero-order valence-corrected chi connectivity index (χ0v) is 23.5. The number of carbonyl (C=O) groups excluding carboxylic acids is 2. The Labute approximate surface area is 243 Å². The van der Waals surface area contributed by atoms with Crippen LogP contribution in [0.2, 0.25) is 10.0 Å². The second kappa shape index (κ2) is 12.4. The van der Waals surface area contributed by atoms with Crippen molar-refractivity contribution in [3.05, 3.63) is 87.4 Å². The van der Waals surface area contributed by atoms with Crippen molar-refractivity contribution >= 4 is 40.7 Å². The van der Waals surface area contributed by atoms with Crippen molar-refractivity contribution in [2.75, 3.05) is 31.5 Å². The predicted octanol–water partition coefficient (Wildman–Crippen LogP) is 4.92. The zero-order valence-electron chi connectivity index (χ0n) is 21.9. The van der Waals surface area contributed by atoms with E-state index in [2.05, 4.69) is 28.4 Å². The van der Waals surface area contributed by atoms with E-state index in [1.165, 1.54) is 0 Å². The van der Waals surface area contributed by atoms with Gasteiger partial charge in [-0.3, -0.25) is 9.59 Å². The molecule has 40 heavy (non-hydrogen) atoms. The van der Waals surface area contributed by atoms with E-state index in [1.54, 1.807) is 29.2 Å². The van der Waals surface area contributed by atoms with Crippen LogP contribution in [-0.2, 0) is 22.4 Å². The number of anilines is 1. The van der Waals surface area contributed by atoms with Crippen molar-refractivity contribution in [3.63, 3.8) is 0 Å². The number of hydrogen-bond acceptors (Lipinski definition) is 5. The third-order valence-electron chi connectivity index (χ3n) is 7.55. The van der Waals surface area contributed by atoms with Gasteiger partial charge in [-0.15, -0.1) is 0 Å². The first-order valence-electron chi connectivity index (χ1n) is 13.4. The summed E-state index contributed by atoms with van der Waals surface area (Å²) in [5.74, 6) is -0.423. The summed E-state index contributed by atoms with van der Waals surface area (Å²) >= 11 is 12.2. The highest BCUT2D eigenvalue weighted by Crippen LogP contribution is 2.31. The van der Waals surface area contributed by atoms with Gasteiger partial charge >= 0.3 is 0 Å². The monoisotopic (exact) mass is 576 g/mol. The minimum atomic E-state index is -0.353. The molecular weight excluding hydrogens is 547 g/mol. The summed E-state index contributed by atoms with van der Waals surface area (Å²) in [6, 6.07) is 20.6. The molecule has 206 valence electrons. The van der Waals surface area contributed by atoms with Crippen LogP contribution in [0.5, 0.6) is 0 Å². The molecule has 1 heterocycles. The topological polar surface area (TPSA) is 96.7 Å². The number of rotatable bonds is 8. The van der Waals surface area contributed by atoms with Gasteiger partial charge in [0, 0.05) is 47.8 Å². The van der Waals surface area contributed by atoms with Crippen LogP contribution in [0.15, 0.2) is 60.7 Å². The van der Waals surface area contributed by atoms with Gasteiger partial charge in [0.05, 0.1) is 17.7 Å².